The molecule has 2 atom stereocenters. The van der Waals surface area contributed by atoms with Gasteiger partial charge in [0.2, 0.25) is 9.84 Å². The van der Waals surface area contributed by atoms with Crippen molar-refractivity contribution in [1.29, 1.82) is 0 Å². The zero-order valence-electron chi connectivity index (χ0n) is 15.2. The van der Waals surface area contributed by atoms with Crippen molar-refractivity contribution in [1.82, 2.24) is 4.90 Å². The molecule has 2 heterocycles. The number of ether oxygens (including phenoxy) is 3. The fraction of sp³-hybridized carbons (Fsp3) is 0.562. The first-order chi connectivity index (χ1) is 11.8. The van der Waals surface area contributed by atoms with Gasteiger partial charge in [0, 0.05) is 19.6 Å². The first kappa shape index (κ1) is 20.1. The number of sulfone groups is 1. The second-order valence-corrected chi connectivity index (χ2v) is 8.90. The van der Waals surface area contributed by atoms with Crippen LogP contribution in [0.25, 0.3) is 0 Å². The molecule has 2 aliphatic heterocycles. The van der Waals surface area contributed by atoms with Crippen molar-refractivity contribution in [2.24, 2.45) is 0 Å². The topological polar surface area (TPSA) is 116 Å². The highest BCUT2D eigenvalue weighted by Gasteiger charge is 2.62. The molecule has 0 N–H and O–H groups in total. The van der Waals surface area contributed by atoms with E-state index in [1.807, 2.05) is 0 Å². The monoisotopic (exact) mass is 387 g/mol. The minimum atomic E-state index is -4.08. The van der Waals surface area contributed by atoms with E-state index in [2.05, 4.69) is 6.58 Å². The van der Waals surface area contributed by atoms with E-state index in [9.17, 15) is 22.8 Å². The van der Waals surface area contributed by atoms with Crippen molar-refractivity contribution in [2.75, 3.05) is 13.7 Å². The fourth-order valence-electron chi connectivity index (χ4n) is 2.66. The molecule has 0 aromatic heterocycles. The molecular weight excluding hydrogens is 366 g/mol. The third kappa shape index (κ3) is 3.26. The summed E-state index contributed by atoms with van der Waals surface area (Å²) >= 11 is 0. The van der Waals surface area contributed by atoms with Crippen LogP contribution >= 0.6 is 0 Å². The summed E-state index contributed by atoms with van der Waals surface area (Å²) in [4.78, 5) is 36.6. The molecular formula is C16H21NO8S. The van der Waals surface area contributed by atoms with E-state index in [4.69, 9.17) is 14.2 Å². The van der Waals surface area contributed by atoms with Crippen molar-refractivity contribution < 1.29 is 37.0 Å². The van der Waals surface area contributed by atoms with E-state index in [-0.39, 0.29) is 11.3 Å². The van der Waals surface area contributed by atoms with Crippen LogP contribution < -0.4 is 0 Å². The predicted octanol–water partition coefficient (Wildman–Crippen LogP) is 0.271. The molecule has 0 aromatic rings. The largest absolute Gasteiger partial charge is 0.461 e. The highest BCUT2D eigenvalue weighted by Crippen LogP contribution is 2.43. The highest BCUT2D eigenvalue weighted by molar-refractivity contribution is 7.96. The molecule has 10 heteroatoms. The van der Waals surface area contributed by atoms with Gasteiger partial charge in [-0.2, -0.15) is 0 Å². The average Bonchev–Trinajstić information content (AvgIpc) is 2.47. The third-order valence-corrected chi connectivity index (χ3v) is 5.81. The molecule has 1 amide bonds. The molecule has 1 fully saturated rings. The lowest BCUT2D eigenvalue weighted by Gasteiger charge is -2.48. The van der Waals surface area contributed by atoms with E-state index in [1.54, 1.807) is 20.8 Å². The second kappa shape index (κ2) is 6.51. The minimum absolute atomic E-state index is 0.186. The summed E-state index contributed by atoms with van der Waals surface area (Å²) in [5.74, 6) is -2.29. The lowest BCUT2D eigenvalue weighted by Crippen LogP contribution is -2.70. The van der Waals surface area contributed by atoms with Crippen LogP contribution in [0.2, 0.25) is 0 Å². The van der Waals surface area contributed by atoms with Crippen LogP contribution in [-0.4, -0.2) is 62.0 Å². The highest BCUT2D eigenvalue weighted by atomic mass is 32.2. The Kier molecular flexibility index (Phi) is 5.04. The average molecular weight is 387 g/mol. The van der Waals surface area contributed by atoms with Crippen LogP contribution in [0.4, 0.5) is 0 Å². The normalized spacial score (nSPS) is 24.7. The minimum Gasteiger partial charge on any atom is -0.461 e. The van der Waals surface area contributed by atoms with Crippen molar-refractivity contribution in [3.8, 4) is 0 Å². The summed E-state index contributed by atoms with van der Waals surface area (Å²) in [5.41, 5.74) is -1.38. The number of amides is 1. The predicted molar refractivity (Wildman–Crippen MR) is 89.0 cm³/mol. The number of hydrogen-bond donors (Lipinski definition) is 0. The first-order valence-electron chi connectivity index (χ1n) is 7.72. The molecule has 0 aromatic carbocycles. The number of carbonyl (C=O) groups is 3. The van der Waals surface area contributed by atoms with Gasteiger partial charge in [-0.05, 0) is 20.8 Å². The van der Waals surface area contributed by atoms with Gasteiger partial charge in [-0.1, -0.05) is 6.58 Å². The summed E-state index contributed by atoms with van der Waals surface area (Å²) in [5, 5.41) is -1.41. The number of fused-ring (bicyclic) bond motifs is 1. The third-order valence-electron chi connectivity index (χ3n) is 3.78. The van der Waals surface area contributed by atoms with Crippen molar-refractivity contribution in [2.45, 2.75) is 44.8 Å². The summed E-state index contributed by atoms with van der Waals surface area (Å²) in [6.07, 6.45) is -1.25. The second-order valence-electron chi connectivity index (χ2n) is 6.83. The van der Waals surface area contributed by atoms with Gasteiger partial charge in [0.15, 0.2) is 11.5 Å². The smallest absolute Gasteiger partial charge is 0.356 e. The Morgan fingerprint density at radius 2 is 1.85 bits per heavy atom. The van der Waals surface area contributed by atoms with Gasteiger partial charge in [-0.15, -0.1) is 0 Å². The van der Waals surface area contributed by atoms with Gasteiger partial charge < -0.3 is 14.2 Å². The van der Waals surface area contributed by atoms with Gasteiger partial charge in [-0.25, -0.2) is 13.2 Å². The number of carbonyl (C=O) groups excluding carboxylic acids is 3. The number of nitrogens with zero attached hydrogens (tertiary/aromatic N) is 1. The number of esters is 2. The molecule has 26 heavy (non-hydrogen) atoms. The van der Waals surface area contributed by atoms with Crippen LogP contribution in [0.3, 0.4) is 0 Å². The maximum Gasteiger partial charge on any atom is 0.356 e. The van der Waals surface area contributed by atoms with E-state index in [0.29, 0.717) is 0 Å². The number of rotatable bonds is 4. The van der Waals surface area contributed by atoms with Crippen LogP contribution in [0.1, 0.15) is 27.7 Å². The SMILES string of the molecule is C=C1C(COC(C)=O)=C(C(=O)OC(C)(C)C)N2C(=O)[C@H](OC)[C@@H]2S1(=O)=O. The van der Waals surface area contributed by atoms with E-state index in [0.717, 1.165) is 11.8 Å². The Morgan fingerprint density at radius 3 is 2.31 bits per heavy atom. The van der Waals surface area contributed by atoms with Crippen LogP contribution in [-0.2, 0) is 38.4 Å². The van der Waals surface area contributed by atoms with E-state index < -0.39 is 56.3 Å². The molecule has 0 aliphatic carbocycles. The Balaban J connectivity index is 2.61. The molecule has 1 saturated heterocycles. The summed E-state index contributed by atoms with van der Waals surface area (Å²) in [6, 6.07) is 0. The fourth-order valence-corrected chi connectivity index (χ4v) is 4.49. The Labute approximate surface area is 151 Å². The number of β-lactam (4-membered cyclic amide) rings is 1. The Hall–Kier alpha value is -2.20. The molecule has 0 radical (unpaired) electrons. The summed E-state index contributed by atoms with van der Waals surface area (Å²) in [7, 11) is -2.88. The van der Waals surface area contributed by atoms with Crippen LogP contribution in [0.15, 0.2) is 22.8 Å². The molecule has 144 valence electrons. The number of methoxy groups -OCH3 is 1. The molecule has 0 bridgehead atoms. The van der Waals surface area contributed by atoms with Crippen LogP contribution in [0.5, 0.6) is 0 Å². The summed E-state index contributed by atoms with van der Waals surface area (Å²) in [6.45, 7) is 9.00. The molecule has 2 aliphatic rings. The Morgan fingerprint density at radius 1 is 1.27 bits per heavy atom. The Bertz CT molecular complexity index is 818. The van der Waals surface area contributed by atoms with Gasteiger partial charge in [0.1, 0.15) is 17.9 Å². The van der Waals surface area contributed by atoms with Gasteiger partial charge >= 0.3 is 11.9 Å². The lowest BCUT2D eigenvalue weighted by atomic mass is 10.0. The standard InChI is InChI=1S/C16H21NO8S/c1-8-10(7-24-9(2)18)11(15(20)25-16(3,4)5)17-13(19)12(23-6)14(17)26(8,21)22/h12,14H,1,7H2,2-6H3/t12-,14-/m0/s1. The number of hydrogen-bond acceptors (Lipinski definition) is 8. The molecule has 0 spiro atoms. The zero-order chi connectivity index (χ0) is 20.0. The van der Waals surface area contributed by atoms with Gasteiger partial charge in [0.25, 0.3) is 5.91 Å². The maximum atomic E-state index is 12.7. The van der Waals surface area contributed by atoms with Crippen molar-refractivity contribution >= 4 is 27.7 Å². The van der Waals surface area contributed by atoms with E-state index in [1.165, 1.54) is 7.11 Å². The maximum absolute atomic E-state index is 12.7. The quantitative estimate of drug-likeness (QED) is 0.498. The zero-order valence-corrected chi connectivity index (χ0v) is 16.0. The molecule has 9 nitrogen and oxygen atoms in total. The van der Waals surface area contributed by atoms with Crippen molar-refractivity contribution in [3.05, 3.63) is 22.8 Å². The van der Waals surface area contributed by atoms with Gasteiger partial charge in [-0.3, -0.25) is 14.5 Å². The molecule has 2 rings (SSSR count). The van der Waals surface area contributed by atoms with Crippen LogP contribution in [0, 0.1) is 0 Å². The molecule has 0 saturated carbocycles. The lowest BCUT2D eigenvalue weighted by molar-refractivity contribution is -0.167. The van der Waals surface area contributed by atoms with E-state index >= 15 is 0 Å². The first-order valence-corrected chi connectivity index (χ1v) is 9.26. The summed E-state index contributed by atoms with van der Waals surface area (Å²) < 4.78 is 40.5. The van der Waals surface area contributed by atoms with Gasteiger partial charge in [0.05, 0.1) is 4.91 Å². The molecule has 0 unspecified atom stereocenters. The van der Waals surface area contributed by atoms with Crippen molar-refractivity contribution in [3.63, 3.8) is 0 Å².